The van der Waals surface area contributed by atoms with Gasteiger partial charge in [0.05, 0.1) is 17.5 Å². The highest BCUT2D eigenvalue weighted by Crippen LogP contribution is 2.25. The van der Waals surface area contributed by atoms with E-state index in [1.165, 1.54) is 6.92 Å². The Bertz CT molecular complexity index is 879. The van der Waals surface area contributed by atoms with E-state index in [0.717, 1.165) is 22.5 Å². The second-order valence-corrected chi connectivity index (χ2v) is 5.55. The Hall–Kier alpha value is -2.95. The van der Waals surface area contributed by atoms with Crippen LogP contribution in [0.1, 0.15) is 23.0 Å². The van der Waals surface area contributed by atoms with Crippen LogP contribution in [0.3, 0.4) is 0 Å². The molecule has 0 saturated carbocycles. The number of nitrogens with zero attached hydrogens (tertiary/aromatic N) is 4. The predicted octanol–water partition coefficient (Wildman–Crippen LogP) is 3.13. The maximum Gasteiger partial charge on any atom is 0.163 e. The summed E-state index contributed by atoms with van der Waals surface area (Å²) in [4.78, 5) is 18.3. The second-order valence-electron chi connectivity index (χ2n) is 5.55. The summed E-state index contributed by atoms with van der Waals surface area (Å²) >= 11 is 0. The molecule has 0 bridgehead atoms. The van der Waals surface area contributed by atoms with Gasteiger partial charge in [0.25, 0.3) is 0 Å². The van der Waals surface area contributed by atoms with Crippen molar-refractivity contribution in [2.24, 2.45) is 0 Å². The van der Waals surface area contributed by atoms with E-state index in [0.29, 0.717) is 5.56 Å². The van der Waals surface area contributed by atoms with Crippen molar-refractivity contribution in [3.8, 4) is 11.1 Å². The minimum absolute atomic E-state index is 0.0328. The van der Waals surface area contributed by atoms with Crippen molar-refractivity contribution in [1.82, 2.24) is 19.5 Å². The maximum absolute atomic E-state index is 11.9. The van der Waals surface area contributed by atoms with E-state index in [1.807, 2.05) is 61.6 Å². The Balaban J connectivity index is 2.24. The van der Waals surface area contributed by atoms with Gasteiger partial charge in [-0.25, -0.2) is 9.50 Å². The summed E-state index contributed by atoms with van der Waals surface area (Å²) in [5.41, 5.74) is 4.02. The van der Waals surface area contributed by atoms with E-state index >= 15 is 0 Å². The molecule has 0 amide bonds. The fourth-order valence-corrected chi connectivity index (χ4v) is 2.42. The molecule has 5 nitrogen and oxygen atoms in total. The maximum atomic E-state index is 11.9. The minimum atomic E-state index is -0.0328. The van der Waals surface area contributed by atoms with Crippen molar-refractivity contribution in [3.63, 3.8) is 0 Å². The number of aromatic nitrogens is 3. The first kappa shape index (κ1) is 15.0. The van der Waals surface area contributed by atoms with Gasteiger partial charge in [-0.05, 0) is 18.6 Å². The lowest BCUT2D eigenvalue weighted by molar-refractivity contribution is 0.101. The van der Waals surface area contributed by atoms with Crippen LogP contribution in [0.5, 0.6) is 0 Å². The first-order valence-electron chi connectivity index (χ1n) is 7.35. The van der Waals surface area contributed by atoms with Crippen molar-refractivity contribution in [1.29, 1.82) is 0 Å². The van der Waals surface area contributed by atoms with Gasteiger partial charge >= 0.3 is 0 Å². The first-order chi connectivity index (χ1) is 11.1. The fraction of sp³-hybridized carbons (Fsp3) is 0.167. The Morgan fingerprint density at radius 2 is 1.91 bits per heavy atom. The van der Waals surface area contributed by atoms with E-state index in [9.17, 15) is 4.79 Å². The number of ketones is 1. The molecule has 0 aliphatic heterocycles. The highest BCUT2D eigenvalue weighted by atomic mass is 16.1. The molecule has 5 heteroatoms. The second kappa shape index (κ2) is 6.04. The lowest BCUT2D eigenvalue weighted by Gasteiger charge is -2.08. The van der Waals surface area contributed by atoms with Crippen LogP contribution in [0.4, 0.5) is 0 Å². The molecular formula is C18H18N4O. The molecule has 116 valence electrons. The predicted molar refractivity (Wildman–Crippen MR) is 91.1 cm³/mol. The Kier molecular flexibility index (Phi) is 3.93. The van der Waals surface area contributed by atoms with Crippen LogP contribution in [-0.4, -0.2) is 39.4 Å². The average Bonchev–Trinajstić information content (AvgIpc) is 2.97. The standard InChI is InChI=1S/C18H18N4O/c1-13(23)15-11-19-18-16(14-7-5-4-6-8-14)12-20-22(18)17(15)9-10-21(2)3/h4-12H,1-3H3/b10-9+. The smallest absolute Gasteiger partial charge is 0.163 e. The summed E-state index contributed by atoms with van der Waals surface area (Å²) in [7, 11) is 3.86. The summed E-state index contributed by atoms with van der Waals surface area (Å²) in [5.74, 6) is -0.0328. The summed E-state index contributed by atoms with van der Waals surface area (Å²) in [6, 6.07) is 9.98. The molecule has 0 aliphatic carbocycles. The number of carbonyl (C=O) groups excluding carboxylic acids is 1. The van der Waals surface area contributed by atoms with Crippen LogP contribution < -0.4 is 0 Å². The summed E-state index contributed by atoms with van der Waals surface area (Å²) < 4.78 is 1.72. The van der Waals surface area contributed by atoms with Gasteiger partial charge in [-0.2, -0.15) is 5.10 Å². The molecule has 0 saturated heterocycles. The van der Waals surface area contributed by atoms with E-state index in [1.54, 1.807) is 16.9 Å². The van der Waals surface area contributed by atoms with Crippen LogP contribution in [0, 0.1) is 0 Å². The number of benzene rings is 1. The molecule has 3 aromatic rings. The molecule has 0 radical (unpaired) electrons. The van der Waals surface area contributed by atoms with Crippen LogP contribution >= 0.6 is 0 Å². The van der Waals surface area contributed by atoms with E-state index in [4.69, 9.17) is 0 Å². The zero-order valence-electron chi connectivity index (χ0n) is 13.4. The van der Waals surface area contributed by atoms with Gasteiger partial charge < -0.3 is 4.90 Å². The molecule has 0 atom stereocenters. The van der Waals surface area contributed by atoms with E-state index in [-0.39, 0.29) is 5.78 Å². The topological polar surface area (TPSA) is 50.5 Å². The lowest BCUT2D eigenvalue weighted by atomic mass is 10.1. The van der Waals surface area contributed by atoms with Crippen molar-refractivity contribution in [3.05, 3.63) is 60.2 Å². The van der Waals surface area contributed by atoms with Crippen LogP contribution in [0.2, 0.25) is 0 Å². The number of hydrogen-bond acceptors (Lipinski definition) is 4. The SMILES string of the molecule is CC(=O)c1cnc2c(-c3ccccc3)cnn2c1/C=C/N(C)C. The molecule has 0 aliphatic rings. The summed E-state index contributed by atoms with van der Waals surface area (Å²) in [5, 5.41) is 4.45. The summed E-state index contributed by atoms with van der Waals surface area (Å²) in [6.07, 6.45) is 7.19. The quantitative estimate of drug-likeness (QED) is 0.695. The molecular weight excluding hydrogens is 288 g/mol. The Morgan fingerprint density at radius 1 is 1.17 bits per heavy atom. The molecule has 2 aromatic heterocycles. The highest BCUT2D eigenvalue weighted by Gasteiger charge is 2.15. The molecule has 3 rings (SSSR count). The zero-order chi connectivity index (χ0) is 16.4. The zero-order valence-corrected chi connectivity index (χ0v) is 13.4. The van der Waals surface area contributed by atoms with Gasteiger partial charge in [-0.3, -0.25) is 4.79 Å². The van der Waals surface area contributed by atoms with Crippen molar-refractivity contribution in [2.75, 3.05) is 14.1 Å². The highest BCUT2D eigenvalue weighted by molar-refractivity contribution is 5.97. The first-order valence-corrected chi connectivity index (χ1v) is 7.35. The third-order valence-corrected chi connectivity index (χ3v) is 3.56. The average molecular weight is 306 g/mol. The van der Waals surface area contributed by atoms with Crippen molar-refractivity contribution < 1.29 is 4.79 Å². The van der Waals surface area contributed by atoms with Crippen molar-refractivity contribution in [2.45, 2.75) is 6.92 Å². The molecule has 0 N–H and O–H groups in total. The van der Waals surface area contributed by atoms with Crippen molar-refractivity contribution >= 4 is 17.5 Å². The number of fused-ring (bicyclic) bond motifs is 1. The van der Waals surface area contributed by atoms with Crippen LogP contribution in [0.25, 0.3) is 22.9 Å². The van der Waals surface area contributed by atoms with Crippen LogP contribution in [0.15, 0.2) is 48.9 Å². The molecule has 0 spiro atoms. The summed E-state index contributed by atoms with van der Waals surface area (Å²) in [6.45, 7) is 1.54. The molecule has 23 heavy (non-hydrogen) atoms. The third kappa shape index (κ3) is 2.85. The van der Waals surface area contributed by atoms with Gasteiger partial charge in [0.15, 0.2) is 11.4 Å². The van der Waals surface area contributed by atoms with Gasteiger partial charge in [0.1, 0.15) is 0 Å². The lowest BCUT2D eigenvalue weighted by Crippen LogP contribution is -2.07. The van der Waals surface area contributed by atoms with Gasteiger partial charge in [0.2, 0.25) is 0 Å². The largest absolute Gasteiger partial charge is 0.383 e. The Morgan fingerprint density at radius 3 is 2.57 bits per heavy atom. The normalized spacial score (nSPS) is 11.3. The van der Waals surface area contributed by atoms with Crippen LogP contribution in [-0.2, 0) is 0 Å². The van der Waals surface area contributed by atoms with Gasteiger partial charge in [-0.1, -0.05) is 30.3 Å². The molecule has 1 aromatic carbocycles. The number of Topliss-reactive ketones (excluding diaryl/α,β-unsaturated/α-hetero) is 1. The monoisotopic (exact) mass is 306 g/mol. The van der Waals surface area contributed by atoms with E-state index < -0.39 is 0 Å². The number of carbonyl (C=O) groups is 1. The molecule has 0 unspecified atom stereocenters. The Labute approximate surface area is 134 Å². The van der Waals surface area contributed by atoms with E-state index in [2.05, 4.69) is 10.1 Å². The fourth-order valence-electron chi connectivity index (χ4n) is 2.42. The van der Waals surface area contributed by atoms with Gasteiger partial charge in [0, 0.05) is 32.1 Å². The molecule has 2 heterocycles. The third-order valence-electron chi connectivity index (χ3n) is 3.56. The van der Waals surface area contributed by atoms with Gasteiger partial charge in [-0.15, -0.1) is 0 Å². The number of rotatable bonds is 4. The minimum Gasteiger partial charge on any atom is -0.383 e. The molecule has 0 fully saturated rings. The number of hydrogen-bond donors (Lipinski definition) is 0.